The third-order valence-electron chi connectivity index (χ3n) is 4.20. The molecule has 0 radical (unpaired) electrons. The monoisotopic (exact) mass is 339 g/mol. The Morgan fingerprint density at radius 2 is 1.80 bits per heavy atom. The summed E-state index contributed by atoms with van der Waals surface area (Å²) in [6.45, 7) is 8.72. The molecule has 3 rings (SSSR count). The Hall–Kier alpha value is -2.53. The van der Waals surface area contributed by atoms with Crippen LogP contribution >= 0.6 is 0 Å². The van der Waals surface area contributed by atoms with Crippen LogP contribution in [0, 0.1) is 0 Å². The van der Waals surface area contributed by atoms with E-state index in [4.69, 9.17) is 4.74 Å². The van der Waals surface area contributed by atoms with E-state index in [2.05, 4.69) is 60.3 Å². The van der Waals surface area contributed by atoms with Crippen LogP contribution in [0.5, 0.6) is 5.75 Å². The number of ether oxygens (including phenoxy) is 1. The third-order valence-corrected chi connectivity index (χ3v) is 4.20. The second-order valence-corrected chi connectivity index (χ2v) is 7.23. The number of fused-ring (bicyclic) bond motifs is 1. The molecule has 132 valence electrons. The molecule has 1 heterocycles. The fraction of sp³-hybridized carbons (Fsp3) is 0.350. The first-order valence-corrected chi connectivity index (χ1v) is 8.57. The molecule has 0 aliphatic heterocycles. The number of benzene rings is 2. The zero-order valence-corrected chi connectivity index (χ0v) is 15.0. The summed E-state index contributed by atoms with van der Waals surface area (Å²) in [6.07, 6.45) is 0. The number of para-hydroxylation sites is 1. The smallest absolute Gasteiger partial charge is 0.323 e. The van der Waals surface area contributed by atoms with Crippen LogP contribution in [0.3, 0.4) is 0 Å². The molecule has 0 unspecified atom stereocenters. The van der Waals surface area contributed by atoms with Crippen LogP contribution in [0.4, 0.5) is 0 Å². The molecule has 0 atom stereocenters. The highest BCUT2D eigenvalue weighted by Crippen LogP contribution is 2.22. The van der Waals surface area contributed by atoms with E-state index in [9.17, 15) is 4.79 Å². The average molecular weight is 339 g/mol. The van der Waals surface area contributed by atoms with E-state index >= 15 is 0 Å². The maximum absolute atomic E-state index is 11.4. The van der Waals surface area contributed by atoms with E-state index < -0.39 is 0 Å². The highest BCUT2D eigenvalue weighted by molar-refractivity contribution is 5.80. The summed E-state index contributed by atoms with van der Waals surface area (Å²) in [6, 6.07) is 14.3. The number of imidazole rings is 1. The number of hydrogen-bond acceptors (Lipinski definition) is 3. The van der Waals surface area contributed by atoms with Gasteiger partial charge in [-0.2, -0.15) is 0 Å². The van der Waals surface area contributed by atoms with Gasteiger partial charge in [-0.15, -0.1) is 0 Å². The number of aromatic amines is 2. The Bertz CT molecular complexity index is 886. The summed E-state index contributed by atoms with van der Waals surface area (Å²) in [5, 5.41) is 3.38. The molecule has 0 aliphatic rings. The number of H-pyrrole nitrogens is 2. The van der Waals surface area contributed by atoms with Crippen LogP contribution in [0.25, 0.3) is 11.0 Å². The molecule has 1 aromatic heterocycles. The lowest BCUT2D eigenvalue weighted by molar-refractivity contribution is 0.316. The van der Waals surface area contributed by atoms with Gasteiger partial charge in [0.25, 0.3) is 0 Å². The van der Waals surface area contributed by atoms with Crippen molar-refractivity contribution in [2.45, 2.75) is 32.7 Å². The van der Waals surface area contributed by atoms with E-state index in [-0.39, 0.29) is 11.1 Å². The highest BCUT2D eigenvalue weighted by Gasteiger charge is 2.12. The van der Waals surface area contributed by atoms with Crippen molar-refractivity contribution >= 4 is 11.0 Å². The average Bonchev–Trinajstić information content (AvgIpc) is 2.95. The molecule has 0 amide bonds. The maximum Gasteiger partial charge on any atom is 0.323 e. The van der Waals surface area contributed by atoms with Crippen LogP contribution < -0.4 is 15.7 Å². The van der Waals surface area contributed by atoms with Gasteiger partial charge in [-0.1, -0.05) is 51.1 Å². The van der Waals surface area contributed by atoms with Crippen LogP contribution in [0.15, 0.2) is 47.3 Å². The van der Waals surface area contributed by atoms with Gasteiger partial charge in [-0.25, -0.2) is 4.79 Å². The number of rotatable bonds is 6. The first-order valence-electron chi connectivity index (χ1n) is 8.57. The Balaban J connectivity index is 1.48. The van der Waals surface area contributed by atoms with E-state index in [0.717, 1.165) is 18.6 Å². The fourth-order valence-corrected chi connectivity index (χ4v) is 2.74. The minimum absolute atomic E-state index is 0.181. The lowest BCUT2D eigenvalue weighted by atomic mass is 9.87. The summed E-state index contributed by atoms with van der Waals surface area (Å²) >= 11 is 0. The van der Waals surface area contributed by atoms with Gasteiger partial charge >= 0.3 is 5.69 Å². The summed E-state index contributed by atoms with van der Waals surface area (Å²) < 4.78 is 5.78. The minimum Gasteiger partial charge on any atom is -0.490 e. The molecule has 3 aromatic rings. The van der Waals surface area contributed by atoms with E-state index in [0.29, 0.717) is 17.9 Å². The molecule has 25 heavy (non-hydrogen) atoms. The Morgan fingerprint density at radius 1 is 1.04 bits per heavy atom. The molecule has 0 fully saturated rings. The lowest BCUT2D eigenvalue weighted by Gasteiger charge is -2.19. The van der Waals surface area contributed by atoms with Crippen molar-refractivity contribution in [2.75, 3.05) is 13.2 Å². The van der Waals surface area contributed by atoms with Crippen molar-refractivity contribution in [3.63, 3.8) is 0 Å². The van der Waals surface area contributed by atoms with Crippen LogP contribution in [0.1, 0.15) is 31.9 Å². The van der Waals surface area contributed by atoms with E-state index in [1.165, 1.54) is 11.1 Å². The van der Waals surface area contributed by atoms with Crippen LogP contribution in [-0.4, -0.2) is 23.1 Å². The first kappa shape index (κ1) is 17.3. The Labute approximate surface area is 147 Å². The second-order valence-electron chi connectivity index (χ2n) is 7.23. The summed E-state index contributed by atoms with van der Waals surface area (Å²) in [7, 11) is 0. The van der Waals surface area contributed by atoms with Crippen LogP contribution in [0.2, 0.25) is 0 Å². The molecule has 0 saturated heterocycles. The van der Waals surface area contributed by atoms with Gasteiger partial charge in [-0.3, -0.25) is 0 Å². The molecule has 5 heteroatoms. The SMILES string of the molecule is CC(C)(C)c1ccc(CNCCOc2cccc3[nH]c(=O)[nH]c23)cc1. The predicted octanol–water partition coefficient (Wildman–Crippen LogP) is 3.32. The zero-order valence-electron chi connectivity index (χ0n) is 15.0. The predicted molar refractivity (Wildman–Crippen MR) is 101 cm³/mol. The molecule has 2 aromatic carbocycles. The first-order chi connectivity index (χ1) is 11.9. The van der Waals surface area contributed by atoms with Gasteiger partial charge in [0.15, 0.2) is 0 Å². The fourth-order valence-electron chi connectivity index (χ4n) is 2.74. The molecular weight excluding hydrogens is 314 g/mol. The zero-order chi connectivity index (χ0) is 17.9. The van der Waals surface area contributed by atoms with Gasteiger partial charge in [0.2, 0.25) is 0 Å². The van der Waals surface area contributed by atoms with E-state index in [1.54, 1.807) is 0 Å². The van der Waals surface area contributed by atoms with Crippen molar-refractivity contribution in [3.05, 3.63) is 64.1 Å². The quantitative estimate of drug-likeness (QED) is 0.603. The molecule has 5 nitrogen and oxygen atoms in total. The van der Waals surface area contributed by atoms with Crippen molar-refractivity contribution in [3.8, 4) is 5.75 Å². The summed E-state index contributed by atoms with van der Waals surface area (Å²) in [5.41, 5.74) is 4.03. The highest BCUT2D eigenvalue weighted by atomic mass is 16.5. The molecule has 0 saturated carbocycles. The van der Waals surface area contributed by atoms with Crippen molar-refractivity contribution in [1.82, 2.24) is 15.3 Å². The van der Waals surface area contributed by atoms with Gasteiger partial charge < -0.3 is 20.0 Å². The third kappa shape index (κ3) is 4.31. The number of hydrogen-bond donors (Lipinski definition) is 3. The van der Waals surface area contributed by atoms with Crippen molar-refractivity contribution in [2.24, 2.45) is 0 Å². The molecular formula is C20H25N3O2. The number of aromatic nitrogens is 2. The molecule has 3 N–H and O–H groups in total. The maximum atomic E-state index is 11.4. The molecule has 0 bridgehead atoms. The molecule has 0 aliphatic carbocycles. The Morgan fingerprint density at radius 3 is 2.52 bits per heavy atom. The Kier molecular flexibility index (Phi) is 4.95. The lowest BCUT2D eigenvalue weighted by Crippen LogP contribution is -2.20. The van der Waals surface area contributed by atoms with Crippen LogP contribution in [-0.2, 0) is 12.0 Å². The molecule has 0 spiro atoms. The van der Waals surface area contributed by atoms with Crippen molar-refractivity contribution in [1.29, 1.82) is 0 Å². The van der Waals surface area contributed by atoms with Crippen molar-refractivity contribution < 1.29 is 4.74 Å². The second kappa shape index (κ2) is 7.15. The summed E-state index contributed by atoms with van der Waals surface area (Å²) in [4.78, 5) is 16.9. The summed E-state index contributed by atoms with van der Waals surface area (Å²) in [5.74, 6) is 0.687. The number of nitrogens with one attached hydrogen (secondary N) is 3. The standard InChI is InChI=1S/C20H25N3O2/c1-20(2,3)15-9-7-14(8-10-15)13-21-11-12-25-17-6-4-5-16-18(17)23-19(24)22-16/h4-10,21H,11-13H2,1-3H3,(H2,22,23,24). The minimum atomic E-state index is -0.220. The van der Waals surface area contributed by atoms with Gasteiger partial charge in [0.05, 0.1) is 5.52 Å². The van der Waals surface area contributed by atoms with Gasteiger partial charge in [0, 0.05) is 13.1 Å². The largest absolute Gasteiger partial charge is 0.490 e. The topological polar surface area (TPSA) is 69.9 Å². The van der Waals surface area contributed by atoms with Gasteiger partial charge in [0.1, 0.15) is 17.9 Å². The van der Waals surface area contributed by atoms with E-state index in [1.807, 2.05) is 18.2 Å². The normalized spacial score (nSPS) is 11.8. The van der Waals surface area contributed by atoms with Gasteiger partial charge in [-0.05, 0) is 28.7 Å².